The Morgan fingerprint density at radius 1 is 1.38 bits per heavy atom. The van der Waals surface area contributed by atoms with Crippen molar-refractivity contribution in [1.82, 2.24) is 19.7 Å². The highest BCUT2D eigenvalue weighted by atomic mass is 35.5. The van der Waals surface area contributed by atoms with Gasteiger partial charge in [-0.25, -0.2) is 9.97 Å². The quantitative estimate of drug-likeness (QED) is 0.569. The molecule has 0 saturated heterocycles. The second-order valence-electron chi connectivity index (χ2n) is 5.35. The number of aromatic nitrogens is 4. The maximum atomic E-state index is 12.5. The minimum Gasteiger partial charge on any atom is -0.325 e. The molecule has 0 radical (unpaired) electrons. The number of hydrogen-bond acceptors (Lipinski definition) is 5. The molecule has 2 aromatic heterocycles. The van der Waals surface area contributed by atoms with Crippen LogP contribution in [-0.4, -0.2) is 30.9 Å². The Hall–Kier alpha value is -2.12. The molecule has 8 heteroatoms. The van der Waals surface area contributed by atoms with Crippen LogP contribution in [0.4, 0.5) is 5.69 Å². The summed E-state index contributed by atoms with van der Waals surface area (Å²) in [5.41, 5.74) is 2.31. The highest BCUT2D eigenvalue weighted by Crippen LogP contribution is 2.29. The van der Waals surface area contributed by atoms with Gasteiger partial charge in [0.1, 0.15) is 11.4 Å². The number of benzene rings is 1. The van der Waals surface area contributed by atoms with Crippen LogP contribution in [0.5, 0.6) is 0 Å². The Kier molecular flexibility index (Phi) is 4.73. The van der Waals surface area contributed by atoms with Gasteiger partial charge in [-0.3, -0.25) is 9.48 Å². The number of rotatable bonds is 4. The fourth-order valence-electron chi connectivity index (χ4n) is 2.23. The molecule has 0 aliphatic heterocycles. The molecule has 0 aliphatic rings. The van der Waals surface area contributed by atoms with E-state index < -0.39 is 0 Å². The number of carbonyl (C=O) groups is 1. The van der Waals surface area contributed by atoms with Crippen LogP contribution >= 0.6 is 23.4 Å². The Morgan fingerprint density at radius 3 is 2.96 bits per heavy atom. The summed E-state index contributed by atoms with van der Waals surface area (Å²) < 4.78 is 1.68. The zero-order valence-electron chi connectivity index (χ0n) is 13.4. The average molecular weight is 362 g/mol. The van der Waals surface area contributed by atoms with E-state index in [0.717, 1.165) is 21.6 Å². The molecule has 1 amide bonds. The first-order valence-electron chi connectivity index (χ1n) is 7.32. The maximum Gasteiger partial charge on any atom is 0.237 e. The monoisotopic (exact) mass is 361 g/mol. The van der Waals surface area contributed by atoms with Crippen molar-refractivity contribution in [1.29, 1.82) is 0 Å². The van der Waals surface area contributed by atoms with Gasteiger partial charge in [0, 0.05) is 17.8 Å². The van der Waals surface area contributed by atoms with Crippen molar-refractivity contribution in [2.24, 2.45) is 7.05 Å². The third kappa shape index (κ3) is 3.22. The highest BCUT2D eigenvalue weighted by molar-refractivity contribution is 8.00. The lowest BCUT2D eigenvalue weighted by molar-refractivity contribution is -0.115. The standard InChI is InChI=1S/C16H16ClN5OS/c1-9-12(17)5-4-6-13(9)21-15(23)10(2)24-16-11-7-20-22(3)14(11)18-8-19-16/h4-8,10H,1-3H3,(H,21,23). The van der Waals surface area contributed by atoms with Gasteiger partial charge in [0.15, 0.2) is 5.65 Å². The van der Waals surface area contributed by atoms with Crippen molar-refractivity contribution in [3.8, 4) is 0 Å². The SMILES string of the molecule is Cc1c(Cl)cccc1NC(=O)C(C)Sc1ncnc2c1cnn2C. The minimum atomic E-state index is -0.332. The number of nitrogens with zero attached hydrogens (tertiary/aromatic N) is 4. The van der Waals surface area contributed by atoms with E-state index in [1.165, 1.54) is 18.1 Å². The molecule has 1 unspecified atom stereocenters. The van der Waals surface area contributed by atoms with E-state index >= 15 is 0 Å². The fraction of sp³-hybridized carbons (Fsp3) is 0.250. The molecule has 6 nitrogen and oxygen atoms in total. The molecule has 3 aromatic rings. The molecule has 0 spiro atoms. The van der Waals surface area contributed by atoms with Crippen LogP contribution in [0.15, 0.2) is 35.7 Å². The number of amides is 1. The van der Waals surface area contributed by atoms with Gasteiger partial charge in [0.25, 0.3) is 0 Å². The van der Waals surface area contributed by atoms with Gasteiger partial charge in [-0.05, 0) is 31.5 Å². The van der Waals surface area contributed by atoms with Crippen molar-refractivity contribution >= 4 is 46.0 Å². The predicted octanol–water partition coefficient (Wildman–Crippen LogP) is 3.44. The van der Waals surface area contributed by atoms with Gasteiger partial charge in [-0.15, -0.1) is 0 Å². The molecule has 0 fully saturated rings. The zero-order chi connectivity index (χ0) is 17.3. The van der Waals surface area contributed by atoms with E-state index in [1.807, 2.05) is 33.0 Å². The van der Waals surface area contributed by atoms with Crippen molar-refractivity contribution < 1.29 is 4.79 Å². The van der Waals surface area contributed by atoms with Gasteiger partial charge in [0.05, 0.1) is 16.8 Å². The van der Waals surface area contributed by atoms with Gasteiger partial charge in [-0.1, -0.05) is 29.4 Å². The number of nitrogens with one attached hydrogen (secondary N) is 1. The molecule has 1 N–H and O–H groups in total. The van der Waals surface area contributed by atoms with E-state index in [2.05, 4.69) is 20.4 Å². The number of halogens is 1. The first-order chi connectivity index (χ1) is 11.5. The summed E-state index contributed by atoms with van der Waals surface area (Å²) >= 11 is 7.47. The highest BCUT2D eigenvalue weighted by Gasteiger charge is 2.19. The van der Waals surface area contributed by atoms with Crippen LogP contribution in [0, 0.1) is 6.92 Å². The van der Waals surface area contributed by atoms with Gasteiger partial charge in [0.2, 0.25) is 5.91 Å². The molecule has 24 heavy (non-hydrogen) atoms. The lowest BCUT2D eigenvalue weighted by Gasteiger charge is -2.14. The number of anilines is 1. The molecule has 1 atom stereocenters. The van der Waals surface area contributed by atoms with Crippen LogP contribution in [0.2, 0.25) is 5.02 Å². The molecule has 0 saturated carbocycles. The molecule has 1 aromatic carbocycles. The molecule has 2 heterocycles. The van der Waals surface area contributed by atoms with Crippen LogP contribution in [0.1, 0.15) is 12.5 Å². The van der Waals surface area contributed by atoms with Crippen molar-refractivity contribution in [2.75, 3.05) is 5.32 Å². The number of thioether (sulfide) groups is 1. The fourth-order valence-corrected chi connectivity index (χ4v) is 3.29. The molecule has 3 rings (SSSR count). The Morgan fingerprint density at radius 2 is 2.17 bits per heavy atom. The lowest BCUT2D eigenvalue weighted by Crippen LogP contribution is -2.23. The lowest BCUT2D eigenvalue weighted by atomic mass is 10.2. The van der Waals surface area contributed by atoms with Gasteiger partial charge >= 0.3 is 0 Å². The van der Waals surface area contributed by atoms with Crippen molar-refractivity contribution in [2.45, 2.75) is 24.1 Å². The Labute approximate surface area is 148 Å². The number of carbonyl (C=O) groups excluding carboxylic acids is 1. The predicted molar refractivity (Wildman–Crippen MR) is 96.4 cm³/mol. The first kappa shape index (κ1) is 16.7. The molecular weight excluding hydrogens is 346 g/mol. The smallest absolute Gasteiger partial charge is 0.237 e. The second kappa shape index (κ2) is 6.78. The molecular formula is C16H16ClN5OS. The van der Waals surface area contributed by atoms with E-state index in [-0.39, 0.29) is 11.2 Å². The van der Waals surface area contributed by atoms with Gasteiger partial charge in [-0.2, -0.15) is 5.10 Å². The average Bonchev–Trinajstić information content (AvgIpc) is 2.94. The molecule has 0 bridgehead atoms. The Bertz CT molecular complexity index is 911. The summed E-state index contributed by atoms with van der Waals surface area (Å²) in [6.07, 6.45) is 3.20. The number of hydrogen-bond donors (Lipinski definition) is 1. The summed E-state index contributed by atoms with van der Waals surface area (Å²) in [5, 5.41) is 8.96. The van der Waals surface area contributed by atoms with Crippen LogP contribution in [-0.2, 0) is 11.8 Å². The first-order valence-corrected chi connectivity index (χ1v) is 8.58. The summed E-state index contributed by atoms with van der Waals surface area (Å²) in [6.45, 7) is 3.71. The normalized spacial score (nSPS) is 12.3. The van der Waals surface area contributed by atoms with Crippen LogP contribution in [0.25, 0.3) is 11.0 Å². The van der Waals surface area contributed by atoms with Crippen LogP contribution in [0.3, 0.4) is 0 Å². The zero-order valence-corrected chi connectivity index (χ0v) is 15.0. The maximum absolute atomic E-state index is 12.5. The third-order valence-corrected chi connectivity index (χ3v) is 5.20. The van der Waals surface area contributed by atoms with Crippen molar-refractivity contribution in [3.63, 3.8) is 0 Å². The van der Waals surface area contributed by atoms with Gasteiger partial charge < -0.3 is 5.32 Å². The summed E-state index contributed by atoms with van der Waals surface area (Å²) in [7, 11) is 1.82. The number of fused-ring (bicyclic) bond motifs is 1. The third-order valence-electron chi connectivity index (χ3n) is 3.68. The topological polar surface area (TPSA) is 72.7 Å². The summed E-state index contributed by atoms with van der Waals surface area (Å²) in [4.78, 5) is 21.0. The van der Waals surface area contributed by atoms with E-state index in [0.29, 0.717) is 10.7 Å². The van der Waals surface area contributed by atoms with Crippen molar-refractivity contribution in [3.05, 3.63) is 41.3 Å². The second-order valence-corrected chi connectivity index (χ2v) is 7.08. The largest absolute Gasteiger partial charge is 0.325 e. The number of aryl methyl sites for hydroxylation is 1. The van der Waals surface area contributed by atoms with E-state index in [4.69, 9.17) is 11.6 Å². The molecule has 124 valence electrons. The van der Waals surface area contributed by atoms with E-state index in [9.17, 15) is 4.79 Å². The molecule has 0 aliphatic carbocycles. The summed E-state index contributed by atoms with van der Waals surface area (Å²) in [6, 6.07) is 5.44. The summed E-state index contributed by atoms with van der Waals surface area (Å²) in [5.74, 6) is -0.110. The van der Waals surface area contributed by atoms with E-state index in [1.54, 1.807) is 16.9 Å². The minimum absolute atomic E-state index is 0.110. The Balaban J connectivity index is 1.77. The van der Waals surface area contributed by atoms with Crippen LogP contribution < -0.4 is 5.32 Å².